The van der Waals surface area contributed by atoms with Gasteiger partial charge in [0.2, 0.25) is 0 Å². The number of unbranched alkanes of at least 4 members (excludes halogenated alkanes) is 7. The van der Waals surface area contributed by atoms with Crippen LogP contribution in [-0.4, -0.2) is 22.7 Å². The van der Waals surface area contributed by atoms with Gasteiger partial charge in [-0.1, -0.05) is 51.9 Å². The predicted molar refractivity (Wildman–Crippen MR) is 69.2 cm³/mol. The molecule has 4 nitrogen and oxygen atoms in total. The molecule has 0 aromatic heterocycles. The van der Waals surface area contributed by atoms with Crippen molar-refractivity contribution in [1.82, 2.24) is 0 Å². The van der Waals surface area contributed by atoms with E-state index in [4.69, 9.17) is 10.2 Å². The molecule has 17 heavy (non-hydrogen) atoms. The Kier molecular flexibility index (Phi) is 10.9. The molecular weight excluding hydrogens is 218 g/mol. The van der Waals surface area contributed by atoms with Gasteiger partial charge in [-0.15, -0.1) is 0 Å². The van der Waals surface area contributed by atoms with E-state index in [1.54, 1.807) is 6.92 Å². The first-order chi connectivity index (χ1) is 8.09. The molecule has 0 amide bonds. The lowest BCUT2D eigenvalue weighted by molar-refractivity contribution is -0.948. The average Bonchev–Trinajstić information content (AvgIpc) is 2.31. The van der Waals surface area contributed by atoms with E-state index < -0.39 is 11.5 Å². The SMILES string of the molecule is CCCCCCCCCCC(C)[NH+]([O-])C(O)O. The average molecular weight is 247 g/mol. The van der Waals surface area contributed by atoms with Crippen molar-refractivity contribution in [2.24, 2.45) is 0 Å². The van der Waals surface area contributed by atoms with E-state index >= 15 is 0 Å². The maximum atomic E-state index is 11.2. The van der Waals surface area contributed by atoms with Crippen molar-refractivity contribution in [2.75, 3.05) is 0 Å². The van der Waals surface area contributed by atoms with Crippen LogP contribution < -0.4 is 5.06 Å². The lowest BCUT2D eigenvalue weighted by Crippen LogP contribution is -3.15. The fourth-order valence-electron chi connectivity index (χ4n) is 1.98. The molecule has 2 atom stereocenters. The van der Waals surface area contributed by atoms with E-state index in [0.717, 1.165) is 19.3 Å². The molecule has 0 saturated carbocycles. The highest BCUT2D eigenvalue weighted by Crippen LogP contribution is 2.09. The van der Waals surface area contributed by atoms with Crippen LogP contribution in [0, 0.1) is 5.21 Å². The van der Waals surface area contributed by atoms with Crippen molar-refractivity contribution in [1.29, 1.82) is 0 Å². The lowest BCUT2D eigenvalue weighted by Gasteiger charge is -2.29. The quantitative estimate of drug-likeness (QED) is 0.295. The smallest absolute Gasteiger partial charge is 0.302 e. The van der Waals surface area contributed by atoms with Crippen molar-refractivity contribution in [3.8, 4) is 0 Å². The summed E-state index contributed by atoms with van der Waals surface area (Å²) in [4.78, 5) is 0. The van der Waals surface area contributed by atoms with Crippen molar-refractivity contribution < 1.29 is 15.3 Å². The third kappa shape index (κ3) is 9.53. The number of nitrogens with one attached hydrogen (secondary N) is 1. The first-order valence-corrected chi connectivity index (χ1v) is 6.99. The second kappa shape index (κ2) is 11.0. The molecule has 0 aromatic carbocycles. The van der Waals surface area contributed by atoms with Crippen LogP contribution in [-0.2, 0) is 0 Å². The molecule has 0 aromatic rings. The second-order valence-electron chi connectivity index (χ2n) is 4.94. The second-order valence-corrected chi connectivity index (χ2v) is 4.94. The van der Waals surface area contributed by atoms with Gasteiger partial charge >= 0.3 is 6.41 Å². The summed E-state index contributed by atoms with van der Waals surface area (Å²) < 4.78 is 0. The Bertz CT molecular complexity index is 165. The molecule has 0 spiro atoms. The Labute approximate surface area is 105 Å². The van der Waals surface area contributed by atoms with Crippen LogP contribution in [0.1, 0.15) is 71.6 Å². The molecule has 2 unspecified atom stereocenters. The van der Waals surface area contributed by atoms with Gasteiger partial charge in [-0.05, 0) is 19.8 Å². The monoisotopic (exact) mass is 247 g/mol. The summed E-state index contributed by atoms with van der Waals surface area (Å²) >= 11 is 0. The summed E-state index contributed by atoms with van der Waals surface area (Å²) in [6.45, 7) is 3.98. The minimum Gasteiger partial charge on any atom is -0.630 e. The third-order valence-electron chi connectivity index (χ3n) is 3.23. The van der Waals surface area contributed by atoms with Crippen molar-refractivity contribution in [3.05, 3.63) is 5.21 Å². The van der Waals surface area contributed by atoms with Crippen molar-refractivity contribution in [3.63, 3.8) is 0 Å². The van der Waals surface area contributed by atoms with E-state index in [0.29, 0.717) is 0 Å². The summed E-state index contributed by atoms with van der Waals surface area (Å²) in [7, 11) is 0. The van der Waals surface area contributed by atoms with Gasteiger partial charge in [0.05, 0.1) is 6.04 Å². The van der Waals surface area contributed by atoms with Crippen molar-refractivity contribution in [2.45, 2.75) is 84.1 Å². The molecule has 4 heteroatoms. The predicted octanol–water partition coefficient (Wildman–Crippen LogP) is 1.56. The Hall–Kier alpha value is -0.160. The molecule has 0 saturated heterocycles. The van der Waals surface area contributed by atoms with Gasteiger partial charge in [0.1, 0.15) is 0 Å². The van der Waals surface area contributed by atoms with E-state index in [2.05, 4.69) is 6.92 Å². The maximum Gasteiger partial charge on any atom is 0.302 e. The molecule has 0 aliphatic heterocycles. The summed E-state index contributed by atoms with van der Waals surface area (Å²) in [5.74, 6) is 0. The third-order valence-corrected chi connectivity index (χ3v) is 3.23. The molecule has 3 N–H and O–H groups in total. The van der Waals surface area contributed by atoms with Gasteiger partial charge in [-0.3, -0.25) is 0 Å². The van der Waals surface area contributed by atoms with Crippen LogP contribution in [0.4, 0.5) is 0 Å². The normalized spacial score (nSPS) is 15.2. The number of rotatable bonds is 11. The molecule has 0 bridgehead atoms. The van der Waals surface area contributed by atoms with Gasteiger partial charge in [-0.25, -0.2) is 0 Å². The van der Waals surface area contributed by atoms with Crippen LogP contribution in [0.3, 0.4) is 0 Å². The van der Waals surface area contributed by atoms with Gasteiger partial charge in [0.15, 0.2) is 0 Å². The van der Waals surface area contributed by atoms with Crippen LogP contribution in [0.2, 0.25) is 0 Å². The summed E-state index contributed by atoms with van der Waals surface area (Å²) in [6.07, 6.45) is 8.91. The molecule has 0 aliphatic carbocycles. The Morgan fingerprint density at radius 3 is 1.88 bits per heavy atom. The van der Waals surface area contributed by atoms with Gasteiger partial charge in [0.25, 0.3) is 0 Å². The minimum atomic E-state index is -1.79. The Morgan fingerprint density at radius 2 is 1.41 bits per heavy atom. The number of hydroxylamine groups is 2. The molecule has 0 radical (unpaired) electrons. The number of aliphatic hydroxyl groups is 2. The van der Waals surface area contributed by atoms with E-state index in [9.17, 15) is 5.21 Å². The van der Waals surface area contributed by atoms with Gasteiger partial charge < -0.3 is 20.5 Å². The Balaban J connectivity index is 3.27. The maximum absolute atomic E-state index is 11.2. The van der Waals surface area contributed by atoms with E-state index in [1.165, 1.54) is 38.5 Å². The molecule has 104 valence electrons. The summed E-state index contributed by atoms with van der Waals surface area (Å²) in [5, 5.41) is 28.2. The molecule has 0 aliphatic rings. The molecule has 0 fully saturated rings. The van der Waals surface area contributed by atoms with Crippen molar-refractivity contribution >= 4 is 0 Å². The van der Waals surface area contributed by atoms with Crippen LogP contribution in [0.5, 0.6) is 0 Å². The van der Waals surface area contributed by atoms with E-state index in [1.807, 2.05) is 0 Å². The zero-order valence-corrected chi connectivity index (χ0v) is 11.3. The van der Waals surface area contributed by atoms with E-state index in [-0.39, 0.29) is 6.04 Å². The highest BCUT2D eigenvalue weighted by Gasteiger charge is 2.14. The van der Waals surface area contributed by atoms with Crippen LogP contribution in [0.25, 0.3) is 0 Å². The highest BCUT2D eigenvalue weighted by atomic mass is 16.6. The minimum absolute atomic E-state index is 0.227. The number of aliphatic hydroxyl groups excluding tert-OH is 1. The fourth-order valence-corrected chi connectivity index (χ4v) is 1.98. The molecule has 0 rings (SSSR count). The highest BCUT2D eigenvalue weighted by molar-refractivity contribution is 4.51. The zero-order valence-electron chi connectivity index (χ0n) is 11.3. The first-order valence-electron chi connectivity index (χ1n) is 6.99. The lowest BCUT2D eigenvalue weighted by atomic mass is 10.1. The number of hydrogen-bond acceptors (Lipinski definition) is 3. The summed E-state index contributed by atoms with van der Waals surface area (Å²) in [5.41, 5.74) is 0. The van der Waals surface area contributed by atoms with Crippen LogP contribution in [0.15, 0.2) is 0 Å². The molecular formula is C13H29NO3. The van der Waals surface area contributed by atoms with Gasteiger partial charge in [-0.2, -0.15) is 0 Å². The fraction of sp³-hybridized carbons (Fsp3) is 1.00. The van der Waals surface area contributed by atoms with Crippen LogP contribution >= 0.6 is 0 Å². The van der Waals surface area contributed by atoms with Gasteiger partial charge in [0, 0.05) is 0 Å². The number of quaternary nitrogens is 1. The largest absolute Gasteiger partial charge is 0.630 e. The standard InChI is InChI=1S/C13H29NO3/c1-3-4-5-6-7-8-9-10-11-12(2)14(17)13(15)16/h12-16H,3-11H2,1-2H3. The number of hydrogen-bond donors (Lipinski definition) is 3. The topological polar surface area (TPSA) is 68.0 Å². The summed E-state index contributed by atoms with van der Waals surface area (Å²) in [6, 6.07) is -0.227. The molecule has 0 heterocycles. The zero-order chi connectivity index (χ0) is 13.1. The Morgan fingerprint density at radius 1 is 0.941 bits per heavy atom. The first kappa shape index (κ1) is 16.8.